The summed E-state index contributed by atoms with van der Waals surface area (Å²) in [7, 11) is 0. The lowest BCUT2D eigenvalue weighted by Gasteiger charge is -2.21. The van der Waals surface area contributed by atoms with Crippen molar-refractivity contribution >= 4 is 0 Å². The Morgan fingerprint density at radius 2 is 2.20 bits per heavy atom. The van der Waals surface area contributed by atoms with Crippen LogP contribution in [0.2, 0.25) is 0 Å². The van der Waals surface area contributed by atoms with E-state index >= 15 is 0 Å². The highest BCUT2D eigenvalue weighted by atomic mass is 19.1. The minimum Gasteiger partial charge on any atom is -0.321 e. The van der Waals surface area contributed by atoms with E-state index in [1.165, 1.54) is 6.42 Å². The van der Waals surface area contributed by atoms with Gasteiger partial charge in [0.2, 0.25) is 0 Å². The van der Waals surface area contributed by atoms with Crippen LogP contribution in [0.5, 0.6) is 0 Å². The van der Waals surface area contributed by atoms with Crippen molar-refractivity contribution in [2.45, 2.75) is 50.4 Å². The lowest BCUT2D eigenvalue weighted by atomic mass is 9.85. The van der Waals surface area contributed by atoms with E-state index in [9.17, 15) is 4.39 Å². The quantitative estimate of drug-likeness (QED) is 0.759. The van der Waals surface area contributed by atoms with E-state index in [0.29, 0.717) is 18.9 Å². The smallest absolute Gasteiger partial charge is 0.154 e. The average Bonchev–Trinajstić information content (AvgIpc) is 2.44. The van der Waals surface area contributed by atoms with E-state index in [4.69, 9.17) is 5.73 Å². The Kier molecular flexibility index (Phi) is 2.02. The fourth-order valence-corrected chi connectivity index (χ4v) is 2.26. The van der Waals surface area contributed by atoms with Gasteiger partial charge in [0.05, 0.1) is 12.6 Å². The van der Waals surface area contributed by atoms with Gasteiger partial charge in [0.25, 0.3) is 0 Å². The molecule has 2 atom stereocenters. The summed E-state index contributed by atoms with van der Waals surface area (Å²) >= 11 is 0. The summed E-state index contributed by atoms with van der Waals surface area (Å²) in [5.74, 6) is 2.14. The van der Waals surface area contributed by atoms with Crippen LogP contribution in [0.15, 0.2) is 0 Å². The molecule has 2 N–H and O–H groups in total. The van der Waals surface area contributed by atoms with Gasteiger partial charge in [-0.25, -0.2) is 14.1 Å². The molecule has 82 valence electrons. The lowest BCUT2D eigenvalue weighted by molar-refractivity contribution is 0.219. The maximum Gasteiger partial charge on any atom is 0.154 e. The van der Waals surface area contributed by atoms with Crippen molar-refractivity contribution in [3.05, 3.63) is 11.6 Å². The fraction of sp³-hybridized carbons (Fsp3) is 0.800. The molecule has 3 rings (SSSR count). The Labute approximate surface area is 87.7 Å². The van der Waals surface area contributed by atoms with E-state index in [-0.39, 0.29) is 6.04 Å². The summed E-state index contributed by atoms with van der Waals surface area (Å²) in [4.78, 5) is 4.45. The first-order valence-electron chi connectivity index (χ1n) is 5.58. The maximum absolute atomic E-state index is 13.3. The summed E-state index contributed by atoms with van der Waals surface area (Å²) < 4.78 is 14.9. The van der Waals surface area contributed by atoms with Crippen molar-refractivity contribution in [2.24, 2.45) is 5.73 Å². The van der Waals surface area contributed by atoms with Crippen LogP contribution >= 0.6 is 0 Å². The molecule has 2 aliphatic rings. The number of fused-ring (bicyclic) bond motifs is 1. The molecule has 2 unspecified atom stereocenters. The largest absolute Gasteiger partial charge is 0.321 e. The van der Waals surface area contributed by atoms with Gasteiger partial charge in [-0.1, -0.05) is 6.42 Å². The first kappa shape index (κ1) is 9.27. The standard InChI is InChI=1S/C10H15FN4/c11-7-4-8(12)10-13-9(6-2-1-3-6)14-15(10)5-7/h6-8H,1-5,12H2. The molecule has 5 heteroatoms. The van der Waals surface area contributed by atoms with Crippen molar-refractivity contribution in [1.29, 1.82) is 0 Å². The minimum absolute atomic E-state index is 0.282. The summed E-state index contributed by atoms with van der Waals surface area (Å²) in [5, 5.41) is 4.36. The highest BCUT2D eigenvalue weighted by Gasteiger charge is 2.31. The predicted molar refractivity (Wildman–Crippen MR) is 53.1 cm³/mol. The Hall–Kier alpha value is -0.970. The molecule has 1 aromatic heterocycles. The van der Waals surface area contributed by atoms with E-state index in [2.05, 4.69) is 10.1 Å². The van der Waals surface area contributed by atoms with Crippen LogP contribution in [0.25, 0.3) is 0 Å². The molecule has 4 nitrogen and oxygen atoms in total. The van der Waals surface area contributed by atoms with Crippen LogP contribution in [0, 0.1) is 0 Å². The Bertz CT molecular complexity index is 371. The lowest BCUT2D eigenvalue weighted by Crippen LogP contribution is -2.30. The van der Waals surface area contributed by atoms with Crippen molar-refractivity contribution in [2.75, 3.05) is 0 Å². The van der Waals surface area contributed by atoms with Gasteiger partial charge in [-0.05, 0) is 12.8 Å². The molecule has 0 amide bonds. The molecular weight excluding hydrogens is 195 g/mol. The third-order valence-corrected chi connectivity index (χ3v) is 3.40. The highest BCUT2D eigenvalue weighted by molar-refractivity contribution is 5.07. The molecule has 1 fully saturated rings. The zero-order valence-electron chi connectivity index (χ0n) is 8.56. The van der Waals surface area contributed by atoms with Crippen LogP contribution in [-0.4, -0.2) is 20.9 Å². The third-order valence-electron chi connectivity index (χ3n) is 3.40. The second-order valence-corrected chi connectivity index (χ2v) is 4.58. The predicted octanol–water partition coefficient (Wildman–Crippen LogP) is 1.29. The molecule has 0 saturated heterocycles. The van der Waals surface area contributed by atoms with E-state index in [1.807, 2.05) is 0 Å². The summed E-state index contributed by atoms with van der Waals surface area (Å²) in [5.41, 5.74) is 5.85. The number of hydrogen-bond donors (Lipinski definition) is 1. The number of nitrogens with two attached hydrogens (primary N) is 1. The second-order valence-electron chi connectivity index (χ2n) is 4.58. The molecule has 2 heterocycles. The molecule has 1 saturated carbocycles. The number of alkyl halides is 1. The number of halogens is 1. The summed E-state index contributed by atoms with van der Waals surface area (Å²) in [6.07, 6.45) is 3.09. The number of aromatic nitrogens is 3. The van der Waals surface area contributed by atoms with Crippen molar-refractivity contribution < 1.29 is 4.39 Å². The van der Waals surface area contributed by atoms with Gasteiger partial charge >= 0.3 is 0 Å². The van der Waals surface area contributed by atoms with Gasteiger partial charge in [-0.3, -0.25) is 0 Å². The van der Waals surface area contributed by atoms with Crippen LogP contribution in [0.3, 0.4) is 0 Å². The Morgan fingerprint density at radius 3 is 2.87 bits per heavy atom. The number of nitrogens with zero attached hydrogens (tertiary/aromatic N) is 3. The molecule has 1 aromatic rings. The van der Waals surface area contributed by atoms with E-state index in [0.717, 1.165) is 24.5 Å². The van der Waals surface area contributed by atoms with Gasteiger partial charge in [0.1, 0.15) is 12.0 Å². The van der Waals surface area contributed by atoms with Crippen LogP contribution in [0.4, 0.5) is 4.39 Å². The highest BCUT2D eigenvalue weighted by Crippen LogP contribution is 2.35. The molecule has 0 bridgehead atoms. The Balaban J connectivity index is 1.92. The van der Waals surface area contributed by atoms with Crippen LogP contribution in [0.1, 0.15) is 49.3 Å². The molecule has 1 aliphatic heterocycles. The van der Waals surface area contributed by atoms with Gasteiger partial charge < -0.3 is 5.73 Å². The Morgan fingerprint density at radius 1 is 1.40 bits per heavy atom. The monoisotopic (exact) mass is 210 g/mol. The maximum atomic E-state index is 13.3. The molecular formula is C10H15FN4. The third kappa shape index (κ3) is 1.45. The van der Waals surface area contributed by atoms with Crippen molar-refractivity contribution in [1.82, 2.24) is 14.8 Å². The number of rotatable bonds is 1. The normalized spacial score (nSPS) is 31.1. The van der Waals surface area contributed by atoms with Gasteiger partial charge in [-0.15, -0.1) is 0 Å². The topological polar surface area (TPSA) is 56.7 Å². The second kappa shape index (κ2) is 3.27. The van der Waals surface area contributed by atoms with Crippen LogP contribution in [-0.2, 0) is 6.54 Å². The van der Waals surface area contributed by atoms with Crippen LogP contribution < -0.4 is 5.73 Å². The molecule has 0 spiro atoms. The first-order chi connectivity index (χ1) is 7.24. The molecule has 15 heavy (non-hydrogen) atoms. The zero-order valence-corrected chi connectivity index (χ0v) is 8.56. The molecule has 0 aromatic carbocycles. The fourth-order valence-electron chi connectivity index (χ4n) is 2.26. The average molecular weight is 210 g/mol. The van der Waals surface area contributed by atoms with Crippen molar-refractivity contribution in [3.8, 4) is 0 Å². The van der Waals surface area contributed by atoms with Crippen molar-refractivity contribution in [3.63, 3.8) is 0 Å². The SMILES string of the molecule is NC1CC(F)Cn2nc(C3CCC3)nc21. The summed E-state index contributed by atoms with van der Waals surface area (Å²) in [6, 6.07) is -0.282. The van der Waals surface area contributed by atoms with Gasteiger partial charge in [0, 0.05) is 12.3 Å². The molecule has 1 aliphatic carbocycles. The number of hydrogen-bond acceptors (Lipinski definition) is 3. The zero-order chi connectivity index (χ0) is 10.4. The summed E-state index contributed by atoms with van der Waals surface area (Å²) in [6.45, 7) is 0.322. The molecule has 0 radical (unpaired) electrons. The van der Waals surface area contributed by atoms with E-state index in [1.54, 1.807) is 4.68 Å². The van der Waals surface area contributed by atoms with E-state index < -0.39 is 6.17 Å². The first-order valence-corrected chi connectivity index (χ1v) is 5.58. The minimum atomic E-state index is -0.872. The van der Waals surface area contributed by atoms with Gasteiger partial charge in [-0.2, -0.15) is 5.10 Å². The van der Waals surface area contributed by atoms with Gasteiger partial charge in [0.15, 0.2) is 5.82 Å².